The molecule has 0 aromatic carbocycles. The Morgan fingerprint density at radius 2 is 2.37 bits per heavy atom. The van der Waals surface area contributed by atoms with Gasteiger partial charge in [-0.15, -0.1) is 0 Å². The molecule has 1 aliphatic heterocycles. The van der Waals surface area contributed by atoms with Crippen molar-refractivity contribution in [2.24, 2.45) is 7.05 Å². The largest absolute Gasteiger partial charge is 0.395 e. The Kier molecular flexibility index (Phi) is 4.09. The fourth-order valence-corrected chi connectivity index (χ4v) is 2.47. The second-order valence-corrected chi connectivity index (χ2v) is 4.95. The third-order valence-electron chi connectivity index (χ3n) is 3.59. The van der Waals surface area contributed by atoms with Gasteiger partial charge in [0.25, 0.3) is 5.91 Å². The molecule has 1 amide bonds. The maximum Gasteiger partial charge on any atom is 0.274 e. The van der Waals surface area contributed by atoms with Gasteiger partial charge in [-0.05, 0) is 26.7 Å². The van der Waals surface area contributed by atoms with Gasteiger partial charge >= 0.3 is 0 Å². The van der Waals surface area contributed by atoms with Crippen molar-refractivity contribution < 1.29 is 9.53 Å². The first-order chi connectivity index (χ1) is 9.04. The summed E-state index contributed by atoms with van der Waals surface area (Å²) in [6.07, 6.45) is 2.24. The standard InChI is InChI=1S/C13H22N4O2/c1-4-17(8-10-6-5-7-19-10)13(18)12-11(14)9(2)15-16(12)3/h10H,4-8,14H2,1-3H3. The number of carbonyl (C=O) groups is 1. The highest BCUT2D eigenvalue weighted by Crippen LogP contribution is 2.19. The molecule has 0 aliphatic carbocycles. The summed E-state index contributed by atoms with van der Waals surface area (Å²) in [4.78, 5) is 14.3. The third-order valence-corrected chi connectivity index (χ3v) is 3.59. The lowest BCUT2D eigenvalue weighted by molar-refractivity contribution is 0.0532. The number of likely N-dealkylation sites (N-methyl/N-ethyl adjacent to an activating group) is 1. The maximum absolute atomic E-state index is 12.5. The summed E-state index contributed by atoms with van der Waals surface area (Å²) >= 11 is 0. The van der Waals surface area contributed by atoms with Gasteiger partial charge < -0.3 is 15.4 Å². The van der Waals surface area contributed by atoms with Crippen LogP contribution in [0.4, 0.5) is 5.69 Å². The molecule has 1 aliphatic rings. The van der Waals surface area contributed by atoms with Crippen molar-refractivity contribution in [3.63, 3.8) is 0 Å². The molecule has 0 bridgehead atoms. The zero-order chi connectivity index (χ0) is 14.0. The SMILES string of the molecule is CCN(CC1CCCO1)C(=O)c1c(N)c(C)nn1C. The number of amides is 1. The number of anilines is 1. The van der Waals surface area contributed by atoms with Crippen LogP contribution in [0, 0.1) is 6.92 Å². The van der Waals surface area contributed by atoms with E-state index in [1.54, 1.807) is 16.6 Å². The Hall–Kier alpha value is -1.56. The van der Waals surface area contributed by atoms with Crippen molar-refractivity contribution >= 4 is 11.6 Å². The summed E-state index contributed by atoms with van der Waals surface area (Å²) in [5.41, 5.74) is 7.58. The van der Waals surface area contributed by atoms with Crippen LogP contribution in [0.5, 0.6) is 0 Å². The molecular formula is C13H22N4O2. The van der Waals surface area contributed by atoms with Gasteiger partial charge in [-0.3, -0.25) is 9.48 Å². The van der Waals surface area contributed by atoms with E-state index in [1.165, 1.54) is 0 Å². The lowest BCUT2D eigenvalue weighted by atomic mass is 10.2. The van der Waals surface area contributed by atoms with E-state index in [9.17, 15) is 4.79 Å². The minimum Gasteiger partial charge on any atom is -0.395 e. The van der Waals surface area contributed by atoms with E-state index < -0.39 is 0 Å². The molecule has 1 fully saturated rings. The summed E-state index contributed by atoms with van der Waals surface area (Å²) in [5, 5.41) is 4.19. The molecule has 19 heavy (non-hydrogen) atoms. The molecule has 0 spiro atoms. The first-order valence-electron chi connectivity index (χ1n) is 6.74. The van der Waals surface area contributed by atoms with Crippen LogP contribution in [-0.4, -0.2) is 46.4 Å². The Labute approximate surface area is 113 Å². The Morgan fingerprint density at radius 1 is 1.63 bits per heavy atom. The smallest absolute Gasteiger partial charge is 0.274 e. The minimum absolute atomic E-state index is 0.0707. The average molecular weight is 266 g/mol. The molecule has 1 unspecified atom stereocenters. The molecule has 6 nitrogen and oxygen atoms in total. The number of nitrogens with zero attached hydrogens (tertiary/aromatic N) is 3. The van der Waals surface area contributed by atoms with E-state index in [-0.39, 0.29) is 12.0 Å². The zero-order valence-electron chi connectivity index (χ0n) is 11.8. The van der Waals surface area contributed by atoms with Crippen molar-refractivity contribution in [2.75, 3.05) is 25.4 Å². The van der Waals surface area contributed by atoms with Gasteiger partial charge in [0.05, 0.1) is 17.5 Å². The van der Waals surface area contributed by atoms with Crippen molar-refractivity contribution in [1.82, 2.24) is 14.7 Å². The quantitative estimate of drug-likeness (QED) is 0.880. The predicted octanol–water partition coefficient (Wildman–Crippen LogP) is 0.952. The number of ether oxygens (including phenoxy) is 1. The number of nitrogen functional groups attached to an aromatic ring is 1. The Balaban J connectivity index is 2.15. The highest BCUT2D eigenvalue weighted by Gasteiger charge is 2.26. The topological polar surface area (TPSA) is 73.4 Å². The summed E-state index contributed by atoms with van der Waals surface area (Å²) in [7, 11) is 1.75. The van der Waals surface area contributed by atoms with Crippen molar-refractivity contribution in [3.05, 3.63) is 11.4 Å². The minimum atomic E-state index is -0.0707. The van der Waals surface area contributed by atoms with Crippen LogP contribution < -0.4 is 5.73 Å². The van der Waals surface area contributed by atoms with Crippen LogP contribution in [0.15, 0.2) is 0 Å². The molecule has 2 rings (SSSR count). The second kappa shape index (κ2) is 5.61. The molecule has 1 aromatic heterocycles. The molecule has 2 heterocycles. The first kappa shape index (κ1) is 13.9. The molecule has 1 aromatic rings. The second-order valence-electron chi connectivity index (χ2n) is 4.95. The molecule has 0 radical (unpaired) electrons. The highest BCUT2D eigenvalue weighted by atomic mass is 16.5. The molecule has 0 saturated carbocycles. The van der Waals surface area contributed by atoms with Gasteiger partial charge in [0.15, 0.2) is 0 Å². The van der Waals surface area contributed by atoms with Crippen LogP contribution >= 0.6 is 0 Å². The fourth-order valence-electron chi connectivity index (χ4n) is 2.47. The molecule has 106 valence electrons. The van der Waals surface area contributed by atoms with Crippen molar-refractivity contribution in [1.29, 1.82) is 0 Å². The summed E-state index contributed by atoms with van der Waals surface area (Å²) < 4.78 is 7.15. The number of nitrogens with two attached hydrogens (primary N) is 1. The van der Waals surface area contributed by atoms with Gasteiger partial charge in [-0.1, -0.05) is 0 Å². The molecule has 2 N–H and O–H groups in total. The average Bonchev–Trinajstić information content (AvgIpc) is 2.96. The zero-order valence-corrected chi connectivity index (χ0v) is 11.8. The van der Waals surface area contributed by atoms with Gasteiger partial charge in [0.1, 0.15) is 5.69 Å². The number of carbonyl (C=O) groups excluding carboxylic acids is 1. The van der Waals surface area contributed by atoms with Crippen LogP contribution in [-0.2, 0) is 11.8 Å². The summed E-state index contributed by atoms with van der Waals surface area (Å²) in [6, 6.07) is 0. The molecule has 1 atom stereocenters. The van der Waals surface area contributed by atoms with E-state index in [2.05, 4.69) is 5.10 Å². The van der Waals surface area contributed by atoms with Crippen LogP contribution in [0.1, 0.15) is 35.9 Å². The van der Waals surface area contributed by atoms with Crippen molar-refractivity contribution in [3.8, 4) is 0 Å². The Bertz CT molecular complexity index is 463. The third kappa shape index (κ3) is 2.73. The predicted molar refractivity (Wildman–Crippen MR) is 72.9 cm³/mol. The number of rotatable bonds is 4. The number of aromatic nitrogens is 2. The monoisotopic (exact) mass is 266 g/mol. The Morgan fingerprint density at radius 3 is 2.84 bits per heavy atom. The van der Waals surface area contributed by atoms with E-state index >= 15 is 0 Å². The number of hydrogen-bond donors (Lipinski definition) is 1. The van der Waals surface area contributed by atoms with E-state index in [0.29, 0.717) is 30.2 Å². The van der Waals surface area contributed by atoms with E-state index in [4.69, 9.17) is 10.5 Å². The first-order valence-corrected chi connectivity index (χ1v) is 6.74. The van der Waals surface area contributed by atoms with E-state index in [1.807, 2.05) is 13.8 Å². The lowest BCUT2D eigenvalue weighted by Gasteiger charge is -2.24. The van der Waals surface area contributed by atoms with Gasteiger partial charge in [-0.25, -0.2) is 0 Å². The number of aryl methyl sites for hydroxylation is 2. The number of hydrogen-bond acceptors (Lipinski definition) is 4. The van der Waals surface area contributed by atoms with Gasteiger partial charge in [0, 0.05) is 26.7 Å². The van der Waals surface area contributed by atoms with Crippen molar-refractivity contribution in [2.45, 2.75) is 32.8 Å². The molecule has 1 saturated heterocycles. The van der Waals surface area contributed by atoms with E-state index in [0.717, 1.165) is 19.4 Å². The highest BCUT2D eigenvalue weighted by molar-refractivity contribution is 5.98. The van der Waals surface area contributed by atoms with Gasteiger partial charge in [0.2, 0.25) is 0 Å². The summed E-state index contributed by atoms with van der Waals surface area (Å²) in [5.74, 6) is -0.0707. The maximum atomic E-state index is 12.5. The summed E-state index contributed by atoms with van der Waals surface area (Å²) in [6.45, 7) is 5.83. The van der Waals surface area contributed by atoms with Crippen LogP contribution in [0.25, 0.3) is 0 Å². The normalized spacial score (nSPS) is 18.8. The van der Waals surface area contributed by atoms with Crippen LogP contribution in [0.3, 0.4) is 0 Å². The lowest BCUT2D eigenvalue weighted by Crippen LogP contribution is -2.38. The van der Waals surface area contributed by atoms with Crippen LogP contribution in [0.2, 0.25) is 0 Å². The fraction of sp³-hybridized carbons (Fsp3) is 0.692. The van der Waals surface area contributed by atoms with Gasteiger partial charge in [-0.2, -0.15) is 5.10 Å². The molecular weight excluding hydrogens is 244 g/mol. The molecule has 6 heteroatoms.